The van der Waals surface area contributed by atoms with E-state index in [4.69, 9.17) is 15.2 Å². The minimum atomic E-state index is -0.357. The van der Waals surface area contributed by atoms with Gasteiger partial charge in [-0.2, -0.15) is 0 Å². The van der Waals surface area contributed by atoms with E-state index in [0.717, 1.165) is 25.2 Å². The van der Waals surface area contributed by atoms with E-state index >= 15 is 0 Å². The summed E-state index contributed by atoms with van der Waals surface area (Å²) >= 11 is 0. The van der Waals surface area contributed by atoms with Crippen LogP contribution in [0.15, 0.2) is 60.8 Å². The molecule has 0 saturated heterocycles. The molecule has 3 aromatic rings. The van der Waals surface area contributed by atoms with Crippen LogP contribution in [0.4, 0.5) is 21.9 Å². The Balaban J connectivity index is 1.44. The van der Waals surface area contributed by atoms with E-state index in [-0.39, 0.29) is 17.6 Å². The van der Waals surface area contributed by atoms with E-state index in [1.165, 1.54) is 0 Å². The van der Waals surface area contributed by atoms with Crippen LogP contribution in [0.1, 0.15) is 29.9 Å². The minimum Gasteiger partial charge on any atom is -0.486 e. The first-order valence-electron chi connectivity index (χ1n) is 12.8. The van der Waals surface area contributed by atoms with Gasteiger partial charge in [-0.25, -0.2) is 4.79 Å². The number of nitrogens with zero attached hydrogens (tertiary/aromatic N) is 3. The molecule has 0 unspecified atom stereocenters. The van der Waals surface area contributed by atoms with Crippen LogP contribution in [0.25, 0.3) is 0 Å². The van der Waals surface area contributed by atoms with Gasteiger partial charge in [-0.3, -0.25) is 9.78 Å². The number of aromatic nitrogens is 1. The van der Waals surface area contributed by atoms with Gasteiger partial charge in [0.05, 0.1) is 11.4 Å². The summed E-state index contributed by atoms with van der Waals surface area (Å²) in [6, 6.07) is 15.6. The molecule has 2 heterocycles. The second-order valence-electron chi connectivity index (χ2n) is 8.83. The van der Waals surface area contributed by atoms with Crippen molar-refractivity contribution in [1.29, 1.82) is 0 Å². The zero-order valence-electron chi connectivity index (χ0n) is 21.8. The zero-order chi connectivity index (χ0) is 26.9. The summed E-state index contributed by atoms with van der Waals surface area (Å²) in [4.78, 5) is 34.3. The lowest BCUT2D eigenvalue weighted by atomic mass is 10.2. The number of nitrogens with one attached hydrogen (secondary N) is 2. The molecule has 0 aliphatic carbocycles. The summed E-state index contributed by atoms with van der Waals surface area (Å²) in [6.07, 6.45) is 1.62. The third-order valence-electron chi connectivity index (χ3n) is 6.30. The SMILES string of the molecule is CCN(CC)CCN(Cc1ccc(C(=O)Nc2ccccc2N)nc1)C(=O)Nc1ccc2c(c1)OCCO2. The monoisotopic (exact) mass is 518 g/mol. The third-order valence-corrected chi connectivity index (χ3v) is 6.30. The Kier molecular flexibility index (Phi) is 8.99. The average molecular weight is 519 g/mol. The minimum absolute atomic E-state index is 0.241. The number of urea groups is 1. The van der Waals surface area contributed by atoms with Crippen molar-refractivity contribution in [1.82, 2.24) is 14.8 Å². The number of amides is 3. The van der Waals surface area contributed by atoms with Crippen molar-refractivity contribution < 1.29 is 19.1 Å². The fraction of sp³-hybridized carbons (Fsp3) is 0.321. The largest absolute Gasteiger partial charge is 0.486 e. The third kappa shape index (κ3) is 6.92. The molecule has 1 aliphatic heterocycles. The Hall–Kier alpha value is -4.31. The van der Waals surface area contributed by atoms with Crippen LogP contribution in [-0.4, -0.2) is 66.1 Å². The quantitative estimate of drug-likeness (QED) is 0.346. The van der Waals surface area contributed by atoms with E-state index in [1.54, 1.807) is 65.7 Å². The van der Waals surface area contributed by atoms with E-state index in [9.17, 15) is 9.59 Å². The normalized spacial score (nSPS) is 12.2. The highest BCUT2D eigenvalue weighted by atomic mass is 16.6. The lowest BCUT2D eigenvalue weighted by Gasteiger charge is -2.27. The van der Waals surface area contributed by atoms with Crippen LogP contribution < -0.4 is 25.8 Å². The van der Waals surface area contributed by atoms with Gasteiger partial charge in [0.2, 0.25) is 0 Å². The lowest BCUT2D eigenvalue weighted by molar-refractivity contribution is 0.102. The number of carbonyl (C=O) groups is 2. The molecule has 4 rings (SSSR count). The Morgan fingerprint density at radius 2 is 1.71 bits per heavy atom. The first-order chi connectivity index (χ1) is 18.5. The second kappa shape index (κ2) is 12.8. The highest BCUT2D eigenvalue weighted by Gasteiger charge is 2.18. The number of hydrogen-bond donors (Lipinski definition) is 3. The Labute approximate surface area is 222 Å². The molecule has 0 radical (unpaired) electrons. The molecule has 0 fully saturated rings. The molecule has 0 saturated carbocycles. The van der Waals surface area contributed by atoms with Crippen molar-refractivity contribution in [2.75, 3.05) is 55.8 Å². The van der Waals surface area contributed by atoms with Crippen LogP contribution in [-0.2, 0) is 6.54 Å². The van der Waals surface area contributed by atoms with Crippen molar-refractivity contribution in [2.24, 2.45) is 0 Å². The molecular formula is C28H34N6O4. The molecule has 4 N–H and O–H groups in total. The van der Waals surface area contributed by atoms with Crippen LogP contribution in [0.3, 0.4) is 0 Å². The number of ether oxygens (including phenoxy) is 2. The number of rotatable bonds is 10. The molecule has 1 aromatic heterocycles. The molecule has 10 nitrogen and oxygen atoms in total. The summed E-state index contributed by atoms with van der Waals surface area (Å²) in [5, 5.41) is 5.74. The molecule has 3 amide bonds. The smallest absolute Gasteiger partial charge is 0.322 e. The van der Waals surface area contributed by atoms with E-state index < -0.39 is 0 Å². The van der Waals surface area contributed by atoms with Gasteiger partial charge in [-0.05, 0) is 49.0 Å². The number of fused-ring (bicyclic) bond motifs is 1. The fourth-order valence-corrected chi connectivity index (χ4v) is 4.05. The predicted molar refractivity (Wildman–Crippen MR) is 148 cm³/mol. The van der Waals surface area contributed by atoms with Crippen molar-refractivity contribution in [3.8, 4) is 11.5 Å². The molecule has 0 bridgehead atoms. The number of benzene rings is 2. The van der Waals surface area contributed by atoms with E-state index in [2.05, 4.69) is 34.4 Å². The first-order valence-corrected chi connectivity index (χ1v) is 12.8. The number of pyridine rings is 1. The van der Waals surface area contributed by atoms with Crippen molar-refractivity contribution >= 4 is 29.0 Å². The van der Waals surface area contributed by atoms with Crippen LogP contribution in [0, 0.1) is 0 Å². The summed E-state index contributed by atoms with van der Waals surface area (Å²) in [5.74, 6) is 0.918. The second-order valence-corrected chi connectivity index (χ2v) is 8.83. The summed E-state index contributed by atoms with van der Waals surface area (Å²) in [6.45, 7) is 8.54. The van der Waals surface area contributed by atoms with Crippen LogP contribution in [0.5, 0.6) is 11.5 Å². The number of nitrogen functional groups attached to an aromatic ring is 1. The van der Waals surface area contributed by atoms with Crippen LogP contribution in [0.2, 0.25) is 0 Å². The Morgan fingerprint density at radius 3 is 2.42 bits per heavy atom. The maximum atomic E-state index is 13.3. The molecule has 0 atom stereocenters. The zero-order valence-corrected chi connectivity index (χ0v) is 21.8. The molecule has 38 heavy (non-hydrogen) atoms. The van der Waals surface area contributed by atoms with E-state index in [1.807, 2.05) is 0 Å². The molecular weight excluding hydrogens is 484 g/mol. The van der Waals surface area contributed by atoms with Gasteiger partial charge in [0, 0.05) is 37.6 Å². The maximum Gasteiger partial charge on any atom is 0.322 e. The van der Waals surface area contributed by atoms with Gasteiger partial charge in [-0.1, -0.05) is 32.0 Å². The van der Waals surface area contributed by atoms with Crippen molar-refractivity contribution in [3.63, 3.8) is 0 Å². The standard InChI is InChI=1S/C28H34N6O4/c1-3-33(4-2)13-14-34(28(36)31-21-10-12-25-26(17-21)38-16-15-37-25)19-20-9-11-24(30-18-20)27(35)32-23-8-6-5-7-22(23)29/h5-12,17-18H,3-4,13-16,19,29H2,1-2H3,(H,31,36)(H,32,35). The van der Waals surface area contributed by atoms with Gasteiger partial charge in [0.25, 0.3) is 5.91 Å². The summed E-state index contributed by atoms with van der Waals surface area (Å²) in [7, 11) is 0. The Morgan fingerprint density at radius 1 is 0.947 bits per heavy atom. The first kappa shape index (κ1) is 26.7. The number of carbonyl (C=O) groups excluding carboxylic acids is 2. The van der Waals surface area contributed by atoms with Gasteiger partial charge in [0.1, 0.15) is 18.9 Å². The van der Waals surface area contributed by atoms with Crippen LogP contribution >= 0.6 is 0 Å². The summed E-state index contributed by atoms with van der Waals surface area (Å²) in [5.41, 5.74) is 8.61. The fourth-order valence-electron chi connectivity index (χ4n) is 4.05. The van der Waals surface area contributed by atoms with Crippen molar-refractivity contribution in [2.45, 2.75) is 20.4 Å². The molecule has 2 aromatic carbocycles. The van der Waals surface area contributed by atoms with Gasteiger partial charge in [-0.15, -0.1) is 0 Å². The topological polar surface area (TPSA) is 122 Å². The Bertz CT molecular complexity index is 1250. The predicted octanol–water partition coefficient (Wildman–Crippen LogP) is 4.06. The number of nitrogens with two attached hydrogens (primary N) is 1. The van der Waals surface area contributed by atoms with Gasteiger partial charge < -0.3 is 35.6 Å². The molecule has 0 spiro atoms. The molecule has 1 aliphatic rings. The average Bonchev–Trinajstić information content (AvgIpc) is 2.94. The molecule has 200 valence electrons. The highest BCUT2D eigenvalue weighted by Crippen LogP contribution is 2.32. The van der Waals surface area contributed by atoms with E-state index in [0.29, 0.717) is 54.9 Å². The number of anilines is 3. The number of hydrogen-bond acceptors (Lipinski definition) is 7. The highest BCUT2D eigenvalue weighted by molar-refractivity contribution is 6.04. The number of para-hydroxylation sites is 2. The summed E-state index contributed by atoms with van der Waals surface area (Å²) < 4.78 is 11.2. The molecule has 10 heteroatoms. The van der Waals surface area contributed by atoms with Gasteiger partial charge >= 0.3 is 6.03 Å². The van der Waals surface area contributed by atoms with Gasteiger partial charge in [0.15, 0.2) is 11.5 Å². The van der Waals surface area contributed by atoms with Crippen molar-refractivity contribution in [3.05, 3.63) is 72.1 Å². The number of likely N-dealkylation sites (N-methyl/N-ethyl adjacent to an activating group) is 1. The maximum absolute atomic E-state index is 13.3. The lowest BCUT2D eigenvalue weighted by Crippen LogP contribution is -2.40.